The number of ether oxygens (including phenoxy) is 1. The van der Waals surface area contributed by atoms with Crippen LogP contribution in [0.15, 0.2) is 48.5 Å². The zero-order valence-corrected chi connectivity index (χ0v) is 16.1. The summed E-state index contributed by atoms with van der Waals surface area (Å²) >= 11 is 0. The van der Waals surface area contributed by atoms with Gasteiger partial charge >= 0.3 is 0 Å². The average Bonchev–Trinajstić information content (AvgIpc) is 2.65. The van der Waals surface area contributed by atoms with Crippen LogP contribution in [0.2, 0.25) is 0 Å². The van der Waals surface area contributed by atoms with Crippen LogP contribution >= 0.6 is 7.37 Å². The molecule has 5 nitrogen and oxygen atoms in total. The number of benzene rings is 2. The van der Waals surface area contributed by atoms with E-state index >= 15 is 0 Å². The average molecular weight is 363 g/mol. The molecule has 0 saturated heterocycles. The third-order valence-electron chi connectivity index (χ3n) is 3.95. The molecule has 2 atom stereocenters. The Labute approximate surface area is 149 Å². The molecule has 0 aliphatic heterocycles. The van der Waals surface area contributed by atoms with Crippen molar-refractivity contribution in [2.24, 2.45) is 0 Å². The van der Waals surface area contributed by atoms with Crippen LogP contribution in [0.4, 0.5) is 5.69 Å². The van der Waals surface area contributed by atoms with E-state index in [0.717, 1.165) is 12.1 Å². The van der Waals surface area contributed by atoms with Crippen molar-refractivity contribution < 1.29 is 18.9 Å². The van der Waals surface area contributed by atoms with Crippen LogP contribution in [0, 0.1) is 0 Å². The molecule has 0 amide bonds. The lowest BCUT2D eigenvalue weighted by molar-refractivity contribution is 0.214. The minimum Gasteiger partial charge on any atom is -0.497 e. The maximum absolute atomic E-state index is 13.6. The Morgan fingerprint density at radius 3 is 2.16 bits per heavy atom. The Morgan fingerprint density at radius 1 is 1.08 bits per heavy atom. The smallest absolute Gasteiger partial charge is 0.264 e. The number of nitrogens with zero attached hydrogens (tertiary/aromatic N) is 1. The van der Waals surface area contributed by atoms with Gasteiger partial charge in [0.25, 0.3) is 7.37 Å². The van der Waals surface area contributed by atoms with Crippen LogP contribution in [0.1, 0.15) is 24.8 Å². The Bertz CT molecular complexity index is 713. The summed E-state index contributed by atoms with van der Waals surface area (Å²) in [5.74, 6) is -0.550. The van der Waals surface area contributed by atoms with Crippen molar-refractivity contribution in [2.45, 2.75) is 19.2 Å². The number of hydrogen-bond acceptors (Lipinski definition) is 5. The lowest BCUT2D eigenvalue weighted by Gasteiger charge is -2.25. The molecular formula is C19H26NO4P. The largest absolute Gasteiger partial charge is 0.497 e. The van der Waals surface area contributed by atoms with E-state index < -0.39 is 13.2 Å². The number of aliphatic hydroxyl groups is 1. The van der Waals surface area contributed by atoms with Crippen molar-refractivity contribution in [3.63, 3.8) is 0 Å². The Morgan fingerprint density at radius 2 is 1.68 bits per heavy atom. The minimum absolute atomic E-state index is 0.319. The molecule has 25 heavy (non-hydrogen) atoms. The van der Waals surface area contributed by atoms with Crippen LogP contribution < -0.4 is 14.9 Å². The highest BCUT2D eigenvalue weighted by molar-refractivity contribution is 7.67. The van der Waals surface area contributed by atoms with Crippen LogP contribution in [0.3, 0.4) is 0 Å². The number of rotatable bonds is 8. The molecule has 0 aromatic heterocycles. The van der Waals surface area contributed by atoms with Crippen molar-refractivity contribution in [3.05, 3.63) is 54.1 Å². The zero-order valence-electron chi connectivity index (χ0n) is 15.2. The van der Waals surface area contributed by atoms with E-state index in [9.17, 15) is 9.67 Å². The normalized spacial score (nSPS) is 14.6. The summed E-state index contributed by atoms with van der Waals surface area (Å²) in [6, 6.07) is 14.2. The Balaban J connectivity index is 2.39. The van der Waals surface area contributed by atoms with Gasteiger partial charge in [0.15, 0.2) is 5.85 Å². The number of anilines is 1. The summed E-state index contributed by atoms with van der Waals surface area (Å²) in [6.07, 6.45) is 0.717. The number of methoxy groups -OCH3 is 1. The van der Waals surface area contributed by atoms with Crippen LogP contribution in [0.5, 0.6) is 5.75 Å². The summed E-state index contributed by atoms with van der Waals surface area (Å²) in [6.45, 7) is 2.26. The predicted octanol–water partition coefficient (Wildman–Crippen LogP) is 3.78. The highest BCUT2D eigenvalue weighted by Gasteiger charge is 2.36. The Hall–Kier alpha value is -1.81. The summed E-state index contributed by atoms with van der Waals surface area (Å²) in [5.41, 5.74) is 1.53. The van der Waals surface area contributed by atoms with E-state index in [1.54, 1.807) is 43.5 Å². The molecule has 2 aromatic carbocycles. The summed E-state index contributed by atoms with van der Waals surface area (Å²) in [4.78, 5) is 1.96. The van der Waals surface area contributed by atoms with Crippen LogP contribution in [-0.4, -0.2) is 32.9 Å². The molecule has 0 aliphatic rings. The van der Waals surface area contributed by atoms with Crippen molar-refractivity contribution in [1.82, 2.24) is 0 Å². The van der Waals surface area contributed by atoms with Gasteiger partial charge in [-0.05, 0) is 48.4 Å². The monoisotopic (exact) mass is 363 g/mol. The van der Waals surface area contributed by atoms with Crippen molar-refractivity contribution in [1.29, 1.82) is 0 Å². The molecule has 0 radical (unpaired) electrons. The lowest BCUT2D eigenvalue weighted by atomic mass is 10.2. The maximum atomic E-state index is 13.6. The first-order valence-corrected chi connectivity index (χ1v) is 9.96. The third kappa shape index (κ3) is 4.43. The molecule has 2 aromatic rings. The van der Waals surface area contributed by atoms with Crippen LogP contribution in [-0.2, 0) is 9.09 Å². The maximum Gasteiger partial charge on any atom is 0.264 e. The van der Waals surface area contributed by atoms with Crippen molar-refractivity contribution in [3.8, 4) is 5.75 Å². The lowest BCUT2D eigenvalue weighted by Crippen LogP contribution is -2.16. The van der Waals surface area contributed by atoms with Crippen molar-refractivity contribution >= 4 is 18.4 Å². The first kappa shape index (κ1) is 19.5. The predicted molar refractivity (Wildman–Crippen MR) is 102 cm³/mol. The summed E-state index contributed by atoms with van der Waals surface area (Å²) < 4.78 is 24.4. The second-order valence-electron chi connectivity index (χ2n) is 5.99. The van der Waals surface area contributed by atoms with Gasteiger partial charge in [0, 0.05) is 25.1 Å². The molecule has 136 valence electrons. The van der Waals surface area contributed by atoms with Crippen molar-refractivity contribution in [2.75, 3.05) is 32.7 Å². The van der Waals surface area contributed by atoms with Gasteiger partial charge in [0.1, 0.15) is 5.75 Å². The van der Waals surface area contributed by atoms with E-state index in [1.807, 2.05) is 38.1 Å². The molecule has 0 bridgehead atoms. The molecule has 0 fully saturated rings. The summed E-state index contributed by atoms with van der Waals surface area (Å²) in [5, 5.41) is 11.3. The topological polar surface area (TPSA) is 59.0 Å². The number of hydrogen-bond donors (Lipinski definition) is 1. The molecule has 6 heteroatoms. The van der Waals surface area contributed by atoms with E-state index in [0.29, 0.717) is 23.2 Å². The fraction of sp³-hybridized carbons (Fsp3) is 0.368. The second-order valence-corrected chi connectivity index (χ2v) is 8.45. The van der Waals surface area contributed by atoms with E-state index in [1.165, 1.54) is 0 Å². The molecule has 0 spiro atoms. The van der Waals surface area contributed by atoms with Gasteiger partial charge in [-0.15, -0.1) is 0 Å². The molecule has 0 saturated carbocycles. The first-order valence-electron chi connectivity index (χ1n) is 8.26. The molecule has 0 unspecified atom stereocenters. The molecule has 0 aliphatic carbocycles. The highest BCUT2D eigenvalue weighted by Crippen LogP contribution is 2.57. The molecule has 0 heterocycles. The fourth-order valence-electron chi connectivity index (χ4n) is 2.44. The molecule has 2 rings (SSSR count). The molecular weight excluding hydrogens is 337 g/mol. The van der Waals surface area contributed by atoms with Gasteiger partial charge in [-0.2, -0.15) is 0 Å². The van der Waals surface area contributed by atoms with Gasteiger partial charge < -0.3 is 19.3 Å². The highest BCUT2D eigenvalue weighted by atomic mass is 31.2. The Kier molecular flexibility index (Phi) is 6.65. The molecule has 1 N–H and O–H groups in total. The fourth-order valence-corrected chi connectivity index (χ4v) is 4.60. The third-order valence-corrected chi connectivity index (χ3v) is 6.48. The van der Waals surface area contributed by atoms with Gasteiger partial charge in [-0.25, -0.2) is 0 Å². The minimum atomic E-state index is -3.48. The first-order chi connectivity index (χ1) is 11.9. The van der Waals surface area contributed by atoms with Gasteiger partial charge in [-0.3, -0.25) is 4.57 Å². The van der Waals surface area contributed by atoms with Gasteiger partial charge in [0.05, 0.1) is 13.7 Å². The van der Waals surface area contributed by atoms with Crippen LogP contribution in [0.25, 0.3) is 0 Å². The van der Waals surface area contributed by atoms with E-state index in [2.05, 4.69) is 0 Å². The number of aliphatic hydroxyl groups excluding tert-OH is 1. The van der Waals surface area contributed by atoms with E-state index in [-0.39, 0.29) is 0 Å². The second kappa shape index (κ2) is 8.52. The quantitative estimate of drug-likeness (QED) is 0.723. The zero-order chi connectivity index (χ0) is 18.4. The standard InChI is InChI=1S/C19H26NO4P/c1-5-14-24-25(22,18-12-8-16(9-13-18)20(2)3)19(21)15-6-10-17(23-4)11-7-15/h6-13,19,21H,5,14H2,1-4H3/t19-,25-/m0/s1. The summed E-state index contributed by atoms with van der Waals surface area (Å²) in [7, 11) is 1.98. The SMILES string of the molecule is CCCO[P@@](=O)(c1ccc(N(C)C)cc1)[C@H](O)c1ccc(OC)cc1. The van der Waals surface area contributed by atoms with E-state index in [4.69, 9.17) is 9.26 Å². The van der Waals surface area contributed by atoms with Gasteiger partial charge in [0.2, 0.25) is 0 Å². The van der Waals surface area contributed by atoms with Gasteiger partial charge in [-0.1, -0.05) is 19.1 Å².